The second-order valence-corrected chi connectivity index (χ2v) is 5.58. The molecule has 0 fully saturated rings. The van der Waals surface area contributed by atoms with Crippen LogP contribution in [0.5, 0.6) is 0 Å². The minimum absolute atomic E-state index is 0.313. The Hall–Kier alpha value is -2.66. The van der Waals surface area contributed by atoms with E-state index in [9.17, 15) is 14.7 Å². The zero-order valence-corrected chi connectivity index (χ0v) is 13.4. The summed E-state index contributed by atoms with van der Waals surface area (Å²) in [6.07, 6.45) is 0.854. The minimum Gasteiger partial charge on any atom is -0.480 e. The van der Waals surface area contributed by atoms with Crippen molar-refractivity contribution in [3.8, 4) is 0 Å². The first-order valence-corrected chi connectivity index (χ1v) is 7.96. The second-order valence-electron chi connectivity index (χ2n) is 5.58. The smallest absolute Gasteiger partial charge is 0.326 e. The summed E-state index contributed by atoms with van der Waals surface area (Å²) in [5.41, 5.74) is 7.09. The van der Waals surface area contributed by atoms with Crippen LogP contribution in [0.3, 0.4) is 0 Å². The van der Waals surface area contributed by atoms with Crippen LogP contribution in [0, 0.1) is 0 Å². The Kier molecular flexibility index (Phi) is 6.51. The van der Waals surface area contributed by atoms with Crippen molar-refractivity contribution >= 4 is 11.9 Å². The van der Waals surface area contributed by atoms with Gasteiger partial charge in [0.05, 0.1) is 5.92 Å². The maximum Gasteiger partial charge on any atom is 0.326 e. The molecule has 0 spiro atoms. The topological polar surface area (TPSA) is 92.4 Å². The monoisotopic (exact) mass is 326 g/mol. The van der Waals surface area contributed by atoms with Crippen LogP contribution in [0.2, 0.25) is 0 Å². The van der Waals surface area contributed by atoms with Gasteiger partial charge in [-0.15, -0.1) is 0 Å². The van der Waals surface area contributed by atoms with Gasteiger partial charge in [-0.05, 0) is 30.5 Å². The fourth-order valence-corrected chi connectivity index (χ4v) is 2.62. The molecule has 4 N–H and O–H groups in total. The van der Waals surface area contributed by atoms with E-state index in [4.69, 9.17) is 5.73 Å². The molecule has 0 radical (unpaired) electrons. The number of carbonyl (C=O) groups is 2. The van der Waals surface area contributed by atoms with Crippen LogP contribution in [-0.2, 0) is 9.59 Å². The molecule has 2 aromatic rings. The molecule has 1 atom stereocenters. The number of carboxylic acid groups (broad SMARTS) is 1. The maximum absolute atomic E-state index is 12.8. The lowest BCUT2D eigenvalue weighted by Crippen LogP contribution is -2.43. The fraction of sp³-hybridized carbons (Fsp3) is 0.263. The van der Waals surface area contributed by atoms with E-state index in [0.29, 0.717) is 19.4 Å². The first-order chi connectivity index (χ1) is 11.6. The van der Waals surface area contributed by atoms with Crippen LogP contribution in [0.15, 0.2) is 60.7 Å². The van der Waals surface area contributed by atoms with E-state index in [1.165, 1.54) is 0 Å². The summed E-state index contributed by atoms with van der Waals surface area (Å²) >= 11 is 0. The third-order valence-electron chi connectivity index (χ3n) is 3.84. The largest absolute Gasteiger partial charge is 0.480 e. The molecule has 5 heteroatoms. The quantitative estimate of drug-likeness (QED) is 0.693. The van der Waals surface area contributed by atoms with Gasteiger partial charge < -0.3 is 16.2 Å². The Labute approximate surface area is 141 Å². The number of carboxylic acids is 1. The van der Waals surface area contributed by atoms with Crippen molar-refractivity contribution in [2.75, 3.05) is 6.54 Å². The molecule has 2 aromatic carbocycles. The van der Waals surface area contributed by atoms with Gasteiger partial charge in [-0.25, -0.2) is 4.79 Å². The Morgan fingerprint density at radius 1 is 0.958 bits per heavy atom. The summed E-state index contributed by atoms with van der Waals surface area (Å²) in [5, 5.41) is 12.0. The number of rotatable bonds is 8. The van der Waals surface area contributed by atoms with Gasteiger partial charge in [0.25, 0.3) is 0 Å². The number of amides is 1. The van der Waals surface area contributed by atoms with E-state index in [1.54, 1.807) is 0 Å². The number of carbonyl (C=O) groups excluding carboxylic acids is 1. The van der Waals surface area contributed by atoms with E-state index in [0.717, 1.165) is 11.1 Å². The predicted molar refractivity (Wildman–Crippen MR) is 92.6 cm³/mol. The molecule has 5 nitrogen and oxygen atoms in total. The zero-order chi connectivity index (χ0) is 17.4. The lowest BCUT2D eigenvalue weighted by molar-refractivity contribution is -0.142. The lowest BCUT2D eigenvalue weighted by atomic mass is 9.90. The molecule has 0 saturated carbocycles. The Balaban J connectivity index is 2.26. The third kappa shape index (κ3) is 4.67. The highest BCUT2D eigenvalue weighted by atomic mass is 16.4. The maximum atomic E-state index is 12.8. The predicted octanol–water partition coefficient (Wildman–Crippen LogP) is 2.13. The molecule has 0 aliphatic carbocycles. The molecular weight excluding hydrogens is 304 g/mol. The van der Waals surface area contributed by atoms with E-state index < -0.39 is 17.9 Å². The fourth-order valence-electron chi connectivity index (χ4n) is 2.62. The van der Waals surface area contributed by atoms with Crippen LogP contribution in [0.25, 0.3) is 0 Å². The first kappa shape index (κ1) is 17.7. The Morgan fingerprint density at radius 2 is 1.46 bits per heavy atom. The highest BCUT2D eigenvalue weighted by Gasteiger charge is 2.27. The number of aliphatic carboxylic acids is 1. The van der Waals surface area contributed by atoms with Gasteiger partial charge >= 0.3 is 5.97 Å². The third-order valence-corrected chi connectivity index (χ3v) is 3.84. The molecule has 1 amide bonds. The summed E-state index contributed by atoms with van der Waals surface area (Å²) in [7, 11) is 0. The van der Waals surface area contributed by atoms with Crippen molar-refractivity contribution in [3.05, 3.63) is 71.8 Å². The average molecular weight is 326 g/mol. The summed E-state index contributed by atoms with van der Waals surface area (Å²) in [4.78, 5) is 24.2. The highest BCUT2D eigenvalue weighted by molar-refractivity contribution is 5.90. The second kappa shape index (κ2) is 8.84. The van der Waals surface area contributed by atoms with Gasteiger partial charge in [0.1, 0.15) is 6.04 Å². The molecule has 0 aliphatic heterocycles. The molecule has 0 aliphatic rings. The van der Waals surface area contributed by atoms with Crippen molar-refractivity contribution in [2.45, 2.75) is 24.8 Å². The van der Waals surface area contributed by atoms with Crippen molar-refractivity contribution < 1.29 is 14.7 Å². The normalized spacial score (nSPS) is 11.9. The van der Waals surface area contributed by atoms with Gasteiger partial charge in [-0.1, -0.05) is 60.7 Å². The van der Waals surface area contributed by atoms with Gasteiger partial charge in [-0.3, -0.25) is 4.79 Å². The van der Waals surface area contributed by atoms with Gasteiger partial charge in [0, 0.05) is 0 Å². The standard InChI is InChI=1S/C19H22N2O3/c20-13-7-12-16(19(23)24)21-18(22)17(14-8-3-1-4-9-14)15-10-5-2-6-11-15/h1-6,8-11,16-17H,7,12-13,20H2,(H,21,22)(H,23,24)/t16-/m0/s1. The van der Waals surface area contributed by atoms with E-state index >= 15 is 0 Å². The van der Waals surface area contributed by atoms with E-state index in [1.807, 2.05) is 60.7 Å². The molecule has 0 bridgehead atoms. The molecular formula is C19H22N2O3. The first-order valence-electron chi connectivity index (χ1n) is 7.96. The average Bonchev–Trinajstić information content (AvgIpc) is 2.60. The molecule has 0 aromatic heterocycles. The van der Waals surface area contributed by atoms with Crippen molar-refractivity contribution in [3.63, 3.8) is 0 Å². The van der Waals surface area contributed by atoms with E-state index in [-0.39, 0.29) is 5.91 Å². The summed E-state index contributed by atoms with van der Waals surface area (Å²) < 4.78 is 0. The van der Waals surface area contributed by atoms with Crippen LogP contribution in [0.1, 0.15) is 29.9 Å². The molecule has 126 valence electrons. The van der Waals surface area contributed by atoms with Gasteiger partial charge in [0.2, 0.25) is 5.91 Å². The lowest BCUT2D eigenvalue weighted by Gasteiger charge is -2.21. The van der Waals surface area contributed by atoms with Crippen LogP contribution >= 0.6 is 0 Å². The van der Waals surface area contributed by atoms with Gasteiger partial charge in [0.15, 0.2) is 0 Å². The summed E-state index contributed by atoms with van der Waals surface area (Å²) in [5.74, 6) is -1.92. The minimum atomic E-state index is -1.04. The molecule has 0 heterocycles. The van der Waals surface area contributed by atoms with Crippen molar-refractivity contribution in [2.24, 2.45) is 5.73 Å². The molecule has 2 rings (SSSR count). The number of nitrogens with two attached hydrogens (primary N) is 1. The number of benzene rings is 2. The highest BCUT2D eigenvalue weighted by Crippen LogP contribution is 2.25. The van der Waals surface area contributed by atoms with Crippen LogP contribution < -0.4 is 11.1 Å². The Bertz CT molecular complexity index is 619. The Morgan fingerprint density at radius 3 is 1.88 bits per heavy atom. The molecule has 24 heavy (non-hydrogen) atoms. The van der Waals surface area contributed by atoms with Crippen LogP contribution in [-0.4, -0.2) is 29.6 Å². The number of nitrogens with one attached hydrogen (secondary N) is 1. The van der Waals surface area contributed by atoms with Crippen molar-refractivity contribution in [1.29, 1.82) is 0 Å². The van der Waals surface area contributed by atoms with E-state index in [2.05, 4.69) is 5.32 Å². The summed E-state index contributed by atoms with van der Waals surface area (Å²) in [6, 6.07) is 17.7. The van der Waals surface area contributed by atoms with Crippen molar-refractivity contribution in [1.82, 2.24) is 5.32 Å². The molecule has 0 unspecified atom stereocenters. The zero-order valence-electron chi connectivity index (χ0n) is 13.4. The summed E-state index contributed by atoms with van der Waals surface area (Å²) in [6.45, 7) is 0.389. The number of hydrogen-bond acceptors (Lipinski definition) is 3. The SMILES string of the molecule is NCCC[C@H](NC(=O)C(c1ccccc1)c1ccccc1)C(=O)O. The molecule has 0 saturated heterocycles. The van der Waals surface area contributed by atoms with Gasteiger partial charge in [-0.2, -0.15) is 0 Å². The number of hydrogen-bond donors (Lipinski definition) is 3. The van der Waals surface area contributed by atoms with Crippen LogP contribution in [0.4, 0.5) is 0 Å².